The molecule has 1 aromatic rings. The van der Waals surface area contributed by atoms with Crippen molar-refractivity contribution < 1.29 is 22.8 Å². The Morgan fingerprint density at radius 2 is 1.95 bits per heavy atom. The van der Waals surface area contributed by atoms with Crippen molar-refractivity contribution in [3.05, 3.63) is 29.8 Å². The van der Waals surface area contributed by atoms with Gasteiger partial charge < -0.3 is 4.79 Å². The minimum absolute atomic E-state index is 0.0648. The van der Waals surface area contributed by atoms with Gasteiger partial charge in [0, 0.05) is 12.8 Å². The van der Waals surface area contributed by atoms with E-state index in [4.69, 9.17) is 5.84 Å². The summed E-state index contributed by atoms with van der Waals surface area (Å²) in [4.78, 5) is 31.3. The standard InChI is InChI=1S/C7H5NO3S.C6H12N2O2/c9-7-5-3-1-2-4-6(5)12(10,11)8-7;7-8-6(10)4-2-1-3-5-9/h1-4H,(H,8,9);5H,1-4,7H2,(H,8,10). The third-order valence-electron chi connectivity index (χ3n) is 2.79. The number of unbranched alkanes of at least 4 members (excludes halogenated alkanes) is 2. The van der Waals surface area contributed by atoms with Crippen LogP contribution in [0.2, 0.25) is 0 Å². The molecule has 22 heavy (non-hydrogen) atoms. The fourth-order valence-corrected chi connectivity index (χ4v) is 2.88. The van der Waals surface area contributed by atoms with Crippen molar-refractivity contribution in [2.75, 3.05) is 0 Å². The van der Waals surface area contributed by atoms with Crippen molar-refractivity contribution in [2.24, 2.45) is 5.84 Å². The Balaban J connectivity index is 0.000000225. The van der Waals surface area contributed by atoms with Gasteiger partial charge in [0.2, 0.25) is 5.91 Å². The SMILES string of the molecule is NNC(=O)CCCCC=O.O=C1NS(=O)(=O)c2ccccc21. The highest BCUT2D eigenvalue weighted by molar-refractivity contribution is 7.90. The van der Waals surface area contributed by atoms with Crippen LogP contribution in [0.5, 0.6) is 0 Å². The van der Waals surface area contributed by atoms with Gasteiger partial charge in [-0.15, -0.1) is 0 Å². The first-order valence-electron chi connectivity index (χ1n) is 6.51. The van der Waals surface area contributed by atoms with Gasteiger partial charge in [0.1, 0.15) is 11.2 Å². The molecule has 0 unspecified atom stereocenters. The first kappa shape index (κ1) is 17.8. The van der Waals surface area contributed by atoms with Crippen LogP contribution in [0, 0.1) is 0 Å². The lowest BCUT2D eigenvalue weighted by molar-refractivity contribution is -0.121. The van der Waals surface area contributed by atoms with Gasteiger partial charge in [-0.2, -0.15) is 0 Å². The highest BCUT2D eigenvalue weighted by Crippen LogP contribution is 2.20. The van der Waals surface area contributed by atoms with Gasteiger partial charge in [0.25, 0.3) is 15.9 Å². The van der Waals surface area contributed by atoms with Gasteiger partial charge in [0.15, 0.2) is 0 Å². The molecule has 0 aromatic heterocycles. The number of hydrazine groups is 1. The number of amides is 2. The van der Waals surface area contributed by atoms with Crippen LogP contribution in [-0.4, -0.2) is 26.5 Å². The summed E-state index contributed by atoms with van der Waals surface area (Å²) in [6, 6.07) is 6.09. The highest BCUT2D eigenvalue weighted by Gasteiger charge is 2.31. The van der Waals surface area contributed by atoms with Gasteiger partial charge in [-0.3, -0.25) is 15.0 Å². The monoisotopic (exact) mass is 327 g/mol. The molecule has 4 N–H and O–H groups in total. The normalized spacial score (nSPS) is 14.1. The number of sulfonamides is 1. The summed E-state index contributed by atoms with van der Waals surface area (Å²) in [6.07, 6.45) is 3.27. The third-order valence-corrected chi connectivity index (χ3v) is 4.17. The molecule has 0 spiro atoms. The second-order valence-electron chi connectivity index (χ2n) is 4.41. The Morgan fingerprint density at radius 1 is 1.27 bits per heavy atom. The van der Waals surface area contributed by atoms with Crippen LogP contribution in [0.4, 0.5) is 0 Å². The Hall–Kier alpha value is -2.26. The van der Waals surface area contributed by atoms with E-state index in [9.17, 15) is 22.8 Å². The van der Waals surface area contributed by atoms with Gasteiger partial charge in [0.05, 0.1) is 5.56 Å². The number of hydrogen-bond donors (Lipinski definition) is 3. The minimum Gasteiger partial charge on any atom is -0.303 e. The number of carbonyl (C=O) groups is 3. The molecule has 8 nitrogen and oxygen atoms in total. The number of hydrogen-bond acceptors (Lipinski definition) is 6. The molecule has 9 heteroatoms. The lowest BCUT2D eigenvalue weighted by Crippen LogP contribution is -2.29. The average Bonchev–Trinajstić information content (AvgIpc) is 2.74. The van der Waals surface area contributed by atoms with E-state index in [1.807, 2.05) is 10.1 Å². The zero-order valence-electron chi connectivity index (χ0n) is 11.7. The van der Waals surface area contributed by atoms with E-state index in [0.717, 1.165) is 19.1 Å². The molecule has 0 saturated carbocycles. The smallest absolute Gasteiger partial charge is 0.266 e. The predicted molar refractivity (Wildman–Crippen MR) is 78.0 cm³/mol. The van der Waals surface area contributed by atoms with Crippen LogP contribution in [0.3, 0.4) is 0 Å². The van der Waals surface area contributed by atoms with Crippen LogP contribution in [-0.2, 0) is 19.6 Å². The van der Waals surface area contributed by atoms with Crippen molar-refractivity contribution in [1.29, 1.82) is 0 Å². The molecule has 0 aliphatic carbocycles. The molecule has 1 aliphatic heterocycles. The first-order chi connectivity index (χ1) is 10.4. The second-order valence-corrected chi connectivity index (χ2v) is 6.06. The molecular formula is C13H17N3O5S. The molecule has 0 bridgehead atoms. The number of nitrogens with one attached hydrogen (secondary N) is 2. The number of benzene rings is 1. The third kappa shape index (κ3) is 4.93. The molecule has 1 aromatic carbocycles. The summed E-state index contributed by atoms with van der Waals surface area (Å²) in [5.41, 5.74) is 2.23. The fourth-order valence-electron chi connectivity index (χ4n) is 1.71. The minimum atomic E-state index is -3.55. The van der Waals surface area contributed by atoms with Crippen molar-refractivity contribution in [3.8, 4) is 0 Å². The summed E-state index contributed by atoms with van der Waals surface area (Å²) in [7, 11) is -3.55. The van der Waals surface area contributed by atoms with Crippen molar-refractivity contribution in [1.82, 2.24) is 10.1 Å². The van der Waals surface area contributed by atoms with Crippen LogP contribution in [0.15, 0.2) is 29.2 Å². The molecule has 0 atom stereocenters. The Morgan fingerprint density at radius 3 is 2.55 bits per heavy atom. The molecular weight excluding hydrogens is 310 g/mol. The molecule has 1 heterocycles. The Labute approximate surface area is 128 Å². The van der Waals surface area contributed by atoms with Crippen LogP contribution in [0.1, 0.15) is 36.0 Å². The number of rotatable bonds is 5. The van der Waals surface area contributed by atoms with E-state index >= 15 is 0 Å². The van der Waals surface area contributed by atoms with Crippen molar-refractivity contribution in [2.45, 2.75) is 30.6 Å². The molecule has 2 rings (SSSR count). The largest absolute Gasteiger partial charge is 0.303 e. The molecule has 0 radical (unpaired) electrons. The second kappa shape index (κ2) is 8.25. The van der Waals surface area contributed by atoms with Crippen molar-refractivity contribution >= 4 is 28.1 Å². The number of nitrogens with two attached hydrogens (primary N) is 1. The Kier molecular flexibility index (Phi) is 6.67. The zero-order valence-corrected chi connectivity index (χ0v) is 12.6. The quantitative estimate of drug-likeness (QED) is 0.226. The van der Waals surface area contributed by atoms with Crippen LogP contribution >= 0.6 is 0 Å². The fraction of sp³-hybridized carbons (Fsp3) is 0.308. The molecule has 0 saturated heterocycles. The van der Waals surface area contributed by atoms with Gasteiger partial charge in [-0.1, -0.05) is 12.1 Å². The zero-order chi connectivity index (χ0) is 16.6. The summed E-state index contributed by atoms with van der Waals surface area (Å²) in [6.45, 7) is 0. The molecule has 0 fully saturated rings. The predicted octanol–water partition coefficient (Wildman–Crippen LogP) is -0.146. The highest BCUT2D eigenvalue weighted by atomic mass is 32.2. The van der Waals surface area contributed by atoms with E-state index in [1.54, 1.807) is 12.1 Å². The lowest BCUT2D eigenvalue weighted by atomic mass is 10.2. The Bertz CT molecular complexity index is 657. The molecule has 1 aliphatic rings. The van der Waals surface area contributed by atoms with Gasteiger partial charge in [-0.25, -0.2) is 19.0 Å². The van der Waals surface area contributed by atoms with E-state index < -0.39 is 15.9 Å². The number of aldehydes is 1. The number of carbonyl (C=O) groups excluding carboxylic acids is 3. The van der Waals surface area contributed by atoms with Gasteiger partial charge in [-0.05, 0) is 25.0 Å². The number of fused-ring (bicyclic) bond motifs is 1. The van der Waals surface area contributed by atoms with Crippen molar-refractivity contribution in [3.63, 3.8) is 0 Å². The molecule has 120 valence electrons. The average molecular weight is 327 g/mol. The first-order valence-corrected chi connectivity index (χ1v) is 8.00. The summed E-state index contributed by atoms with van der Waals surface area (Å²) in [5.74, 6) is 4.09. The molecule has 2 amide bonds. The summed E-state index contributed by atoms with van der Waals surface area (Å²) in [5, 5.41) is 0. The van der Waals surface area contributed by atoms with Crippen LogP contribution in [0.25, 0.3) is 0 Å². The lowest BCUT2D eigenvalue weighted by Gasteiger charge is -1.95. The maximum atomic E-state index is 11.1. The maximum Gasteiger partial charge on any atom is 0.266 e. The summed E-state index contributed by atoms with van der Waals surface area (Å²) >= 11 is 0. The van der Waals surface area contributed by atoms with E-state index in [-0.39, 0.29) is 16.4 Å². The topological polar surface area (TPSA) is 135 Å². The van der Waals surface area contributed by atoms with Gasteiger partial charge >= 0.3 is 0 Å². The van der Waals surface area contributed by atoms with E-state index in [2.05, 4.69) is 0 Å². The van der Waals surface area contributed by atoms with E-state index in [0.29, 0.717) is 12.8 Å². The van der Waals surface area contributed by atoms with Crippen LogP contribution < -0.4 is 16.0 Å². The summed E-state index contributed by atoms with van der Waals surface area (Å²) < 4.78 is 24.2. The van der Waals surface area contributed by atoms with E-state index in [1.165, 1.54) is 12.1 Å². The maximum absolute atomic E-state index is 11.1.